The smallest absolute Gasteiger partial charge is 0.0999 e. The Morgan fingerprint density at radius 1 is 1.32 bits per heavy atom. The third-order valence-corrected chi connectivity index (χ3v) is 5.61. The summed E-state index contributed by atoms with van der Waals surface area (Å²) >= 11 is 2.14. The fourth-order valence-electron chi connectivity index (χ4n) is 2.86. The summed E-state index contributed by atoms with van der Waals surface area (Å²) in [5.74, 6) is 5.48. The Bertz CT molecular complexity index is 343. The van der Waals surface area contributed by atoms with Gasteiger partial charge in [0.05, 0.1) is 5.84 Å². The van der Waals surface area contributed by atoms with Crippen LogP contribution in [-0.4, -0.2) is 30.4 Å². The van der Waals surface area contributed by atoms with E-state index in [-0.39, 0.29) is 0 Å². The van der Waals surface area contributed by atoms with E-state index in [9.17, 15) is 0 Å². The molecule has 1 aliphatic carbocycles. The Labute approximate surface area is 141 Å². The lowest BCUT2D eigenvalue weighted by molar-refractivity contribution is 0.391. The van der Waals surface area contributed by atoms with Crippen molar-refractivity contribution in [3.63, 3.8) is 0 Å². The minimum absolute atomic E-state index is 0.615. The number of thioether (sulfide) groups is 1. The lowest BCUT2D eigenvalue weighted by Gasteiger charge is -2.23. The molecule has 1 aliphatic heterocycles. The van der Waals surface area contributed by atoms with E-state index in [0.29, 0.717) is 5.92 Å². The molecule has 0 aromatic heterocycles. The maximum atomic E-state index is 4.59. The normalized spacial score (nSPS) is 20.5. The highest BCUT2D eigenvalue weighted by molar-refractivity contribution is 7.99. The number of nitrogens with zero attached hydrogens (tertiary/aromatic N) is 1. The van der Waals surface area contributed by atoms with Crippen LogP contribution in [0.15, 0.2) is 29.8 Å². The maximum Gasteiger partial charge on any atom is 0.0999 e. The van der Waals surface area contributed by atoms with Crippen LogP contribution >= 0.6 is 11.8 Å². The van der Waals surface area contributed by atoms with Crippen LogP contribution < -0.4 is 5.32 Å². The molecule has 1 N–H and O–H groups in total. The molecule has 1 fully saturated rings. The fourth-order valence-corrected chi connectivity index (χ4v) is 4.18. The first-order chi connectivity index (χ1) is 10.8. The zero-order chi connectivity index (χ0) is 16.0. The molecule has 0 aromatic carbocycles. The van der Waals surface area contributed by atoms with E-state index in [4.69, 9.17) is 0 Å². The molecule has 0 aromatic rings. The molecule has 126 valence electrons. The molecule has 1 unspecified atom stereocenters. The Morgan fingerprint density at radius 2 is 2.09 bits per heavy atom. The van der Waals surface area contributed by atoms with Crippen LogP contribution in [-0.2, 0) is 0 Å². The van der Waals surface area contributed by atoms with Gasteiger partial charge in [0.25, 0.3) is 0 Å². The number of amidine groups is 1. The molecule has 1 saturated carbocycles. The molecule has 1 heterocycles. The summed E-state index contributed by atoms with van der Waals surface area (Å²) in [6.45, 7) is 9.88. The highest BCUT2D eigenvalue weighted by Gasteiger charge is 2.16. The molecule has 1 atom stereocenters. The Balaban J connectivity index is 0.000000422. The SMILES string of the molecule is C=C/C=C\C.CC(CSCC1CCCCC1)C1=NCCCN1. The summed E-state index contributed by atoms with van der Waals surface area (Å²) in [4.78, 5) is 4.59. The van der Waals surface area contributed by atoms with Crippen LogP contribution in [0, 0.1) is 11.8 Å². The molecule has 22 heavy (non-hydrogen) atoms. The van der Waals surface area contributed by atoms with E-state index < -0.39 is 0 Å². The van der Waals surface area contributed by atoms with Crippen molar-refractivity contribution in [3.05, 3.63) is 24.8 Å². The molecule has 2 aliphatic rings. The highest BCUT2D eigenvalue weighted by atomic mass is 32.2. The standard InChI is InChI=1S/C14H26N2S.C5H8/c1-12(14-15-8-5-9-16-14)10-17-11-13-6-3-2-4-7-13;1-3-5-4-2/h12-13H,2-11H2,1H3,(H,15,16);3-5H,1H2,2H3/b;5-4-. The van der Waals surface area contributed by atoms with Gasteiger partial charge >= 0.3 is 0 Å². The van der Waals surface area contributed by atoms with E-state index in [1.807, 2.05) is 19.1 Å². The third kappa shape index (κ3) is 8.67. The molecule has 0 bridgehead atoms. The van der Waals surface area contributed by atoms with E-state index in [0.717, 1.165) is 19.0 Å². The van der Waals surface area contributed by atoms with Gasteiger partial charge in [-0.2, -0.15) is 11.8 Å². The van der Waals surface area contributed by atoms with E-state index in [1.54, 1.807) is 6.08 Å². The van der Waals surface area contributed by atoms with Crippen LogP contribution in [0.1, 0.15) is 52.4 Å². The second kappa shape index (κ2) is 12.8. The van der Waals surface area contributed by atoms with Gasteiger partial charge in [0, 0.05) is 24.8 Å². The highest BCUT2D eigenvalue weighted by Crippen LogP contribution is 2.27. The Kier molecular flexibility index (Phi) is 11.3. The summed E-state index contributed by atoms with van der Waals surface area (Å²) in [7, 11) is 0. The van der Waals surface area contributed by atoms with E-state index in [2.05, 4.69) is 35.6 Å². The molecule has 2 nitrogen and oxygen atoms in total. The van der Waals surface area contributed by atoms with Crippen molar-refractivity contribution in [2.45, 2.75) is 52.4 Å². The van der Waals surface area contributed by atoms with Crippen LogP contribution in [0.5, 0.6) is 0 Å². The molecule has 0 radical (unpaired) electrons. The fraction of sp³-hybridized carbons (Fsp3) is 0.737. The second-order valence-corrected chi connectivity index (χ2v) is 7.33. The van der Waals surface area contributed by atoms with Crippen molar-refractivity contribution in [2.75, 3.05) is 24.6 Å². The van der Waals surface area contributed by atoms with Crippen molar-refractivity contribution >= 4 is 17.6 Å². The molecule has 3 heteroatoms. The Morgan fingerprint density at radius 3 is 2.64 bits per heavy atom. The predicted octanol–water partition coefficient (Wildman–Crippen LogP) is 5.08. The lowest BCUT2D eigenvalue weighted by atomic mass is 9.91. The van der Waals surface area contributed by atoms with Crippen LogP contribution in [0.25, 0.3) is 0 Å². The van der Waals surface area contributed by atoms with E-state index >= 15 is 0 Å². The number of hydrogen-bond acceptors (Lipinski definition) is 3. The van der Waals surface area contributed by atoms with Crippen molar-refractivity contribution < 1.29 is 0 Å². The van der Waals surface area contributed by atoms with Crippen molar-refractivity contribution in [2.24, 2.45) is 16.8 Å². The van der Waals surface area contributed by atoms with Crippen LogP contribution in [0.3, 0.4) is 0 Å². The predicted molar refractivity (Wildman–Crippen MR) is 103 cm³/mol. The summed E-state index contributed by atoms with van der Waals surface area (Å²) in [6, 6.07) is 0. The number of hydrogen-bond donors (Lipinski definition) is 1. The first kappa shape index (κ1) is 19.3. The average Bonchev–Trinajstić information content (AvgIpc) is 2.58. The monoisotopic (exact) mass is 322 g/mol. The first-order valence-corrected chi connectivity index (χ1v) is 10.0. The summed E-state index contributed by atoms with van der Waals surface area (Å²) < 4.78 is 0. The third-order valence-electron chi connectivity index (χ3n) is 4.16. The van der Waals surface area contributed by atoms with Gasteiger partial charge in [-0.25, -0.2) is 0 Å². The van der Waals surface area contributed by atoms with Gasteiger partial charge in [0.1, 0.15) is 0 Å². The lowest BCUT2D eigenvalue weighted by Crippen LogP contribution is -2.35. The number of allylic oxidation sites excluding steroid dienone is 3. The van der Waals surface area contributed by atoms with Crippen molar-refractivity contribution in [1.82, 2.24) is 5.32 Å². The minimum atomic E-state index is 0.615. The van der Waals surface area contributed by atoms with E-state index in [1.165, 1.54) is 55.9 Å². The summed E-state index contributed by atoms with van der Waals surface area (Å²) in [5.41, 5.74) is 0. The van der Waals surface area contributed by atoms with Gasteiger partial charge in [0.15, 0.2) is 0 Å². The topological polar surface area (TPSA) is 24.4 Å². The molecular weight excluding hydrogens is 288 g/mol. The van der Waals surface area contributed by atoms with Crippen LogP contribution in [0.2, 0.25) is 0 Å². The van der Waals surface area contributed by atoms with Gasteiger partial charge < -0.3 is 5.32 Å². The zero-order valence-corrected chi connectivity index (χ0v) is 15.3. The number of nitrogens with one attached hydrogen (secondary N) is 1. The first-order valence-electron chi connectivity index (χ1n) is 8.87. The van der Waals surface area contributed by atoms with Gasteiger partial charge in [-0.15, -0.1) is 0 Å². The Hall–Kier alpha value is -0.700. The largest absolute Gasteiger partial charge is 0.374 e. The average molecular weight is 323 g/mol. The minimum Gasteiger partial charge on any atom is -0.374 e. The summed E-state index contributed by atoms with van der Waals surface area (Å²) in [5, 5.41) is 3.44. The molecule has 0 amide bonds. The summed E-state index contributed by atoms with van der Waals surface area (Å²) in [6.07, 6.45) is 14.1. The number of aliphatic imine (C=N–C) groups is 1. The molecule has 0 saturated heterocycles. The second-order valence-electron chi connectivity index (χ2n) is 6.25. The van der Waals surface area contributed by atoms with Gasteiger partial charge in [-0.05, 0) is 37.9 Å². The zero-order valence-electron chi connectivity index (χ0n) is 14.5. The van der Waals surface area contributed by atoms with Gasteiger partial charge in [-0.1, -0.05) is 51.0 Å². The van der Waals surface area contributed by atoms with Gasteiger partial charge in [0.2, 0.25) is 0 Å². The van der Waals surface area contributed by atoms with Crippen molar-refractivity contribution in [3.8, 4) is 0 Å². The van der Waals surface area contributed by atoms with Crippen LogP contribution in [0.4, 0.5) is 0 Å². The molecular formula is C19H34N2S. The quantitative estimate of drug-likeness (QED) is 0.690. The van der Waals surface area contributed by atoms with Crippen molar-refractivity contribution in [1.29, 1.82) is 0 Å². The number of rotatable bonds is 6. The molecule has 2 rings (SSSR count). The molecule has 0 spiro atoms. The van der Waals surface area contributed by atoms with Gasteiger partial charge in [-0.3, -0.25) is 4.99 Å². The maximum absolute atomic E-state index is 4.59.